The lowest BCUT2D eigenvalue weighted by atomic mass is 10.2. The van der Waals surface area contributed by atoms with Gasteiger partial charge in [-0.05, 0) is 42.8 Å². The predicted molar refractivity (Wildman–Crippen MR) is 96.6 cm³/mol. The number of hydrogen-bond acceptors (Lipinski definition) is 6. The highest BCUT2D eigenvalue weighted by Crippen LogP contribution is 2.27. The fraction of sp³-hybridized carbons (Fsp3) is 0.0667. The fourth-order valence-electron chi connectivity index (χ4n) is 1.93. The number of nitrogens with zero attached hydrogens (tertiary/aromatic N) is 2. The second-order valence-electron chi connectivity index (χ2n) is 4.91. The molecule has 2 N–H and O–H groups in total. The van der Waals surface area contributed by atoms with Gasteiger partial charge in [-0.1, -0.05) is 29.8 Å². The fourth-order valence-corrected chi connectivity index (χ4v) is 4.41. The number of para-hydroxylation sites is 1. The molecule has 2 heterocycles. The van der Waals surface area contributed by atoms with Crippen molar-refractivity contribution in [3.8, 4) is 0 Å². The van der Waals surface area contributed by atoms with E-state index in [1.807, 2.05) is 31.2 Å². The summed E-state index contributed by atoms with van der Waals surface area (Å²) >= 11 is 6.74. The Morgan fingerprint density at radius 2 is 1.71 bits per heavy atom. The maximum absolute atomic E-state index is 12.2. The van der Waals surface area contributed by atoms with Crippen LogP contribution in [0.25, 0.3) is 0 Å². The molecule has 0 saturated carbocycles. The van der Waals surface area contributed by atoms with Gasteiger partial charge in [0, 0.05) is 5.69 Å². The van der Waals surface area contributed by atoms with Crippen molar-refractivity contribution in [2.75, 3.05) is 10.0 Å². The second kappa shape index (κ2) is 6.76. The number of aryl methyl sites for hydroxylation is 1. The largest absolute Gasteiger partial charge is 0.339 e. The Morgan fingerprint density at radius 3 is 2.33 bits per heavy atom. The summed E-state index contributed by atoms with van der Waals surface area (Å²) in [6.07, 6.45) is 0. The smallest absolute Gasteiger partial charge is 0.272 e. The van der Waals surface area contributed by atoms with Gasteiger partial charge in [0.05, 0.1) is 4.34 Å². The molecule has 0 aliphatic rings. The highest BCUT2D eigenvalue weighted by atomic mass is 35.5. The molecule has 0 unspecified atom stereocenters. The van der Waals surface area contributed by atoms with E-state index >= 15 is 0 Å². The standard InChI is InChI=1S/C15H13ClN4O2S2/c1-10-4-2-3-5-11(10)17-13-7-8-14(19-18-13)20-24(21,22)15-9-6-12(16)23-15/h2-9H,1H3,(H,17,18)(H,19,20). The molecule has 0 atom stereocenters. The minimum atomic E-state index is -3.71. The normalized spacial score (nSPS) is 11.2. The van der Waals surface area contributed by atoms with Crippen molar-refractivity contribution < 1.29 is 8.42 Å². The first-order valence-corrected chi connectivity index (χ1v) is 9.56. The van der Waals surface area contributed by atoms with Crippen molar-refractivity contribution in [3.05, 3.63) is 58.4 Å². The molecule has 3 aromatic rings. The van der Waals surface area contributed by atoms with E-state index < -0.39 is 10.0 Å². The molecule has 0 amide bonds. The van der Waals surface area contributed by atoms with E-state index in [2.05, 4.69) is 20.2 Å². The van der Waals surface area contributed by atoms with Crippen LogP contribution < -0.4 is 10.0 Å². The Kier molecular flexibility index (Phi) is 4.70. The number of nitrogens with one attached hydrogen (secondary N) is 2. The highest BCUT2D eigenvalue weighted by Gasteiger charge is 2.17. The molecule has 124 valence electrons. The van der Waals surface area contributed by atoms with Gasteiger partial charge in [0.2, 0.25) is 0 Å². The van der Waals surface area contributed by atoms with Gasteiger partial charge in [-0.3, -0.25) is 4.72 Å². The van der Waals surface area contributed by atoms with Crippen LogP contribution in [0.2, 0.25) is 4.34 Å². The first-order chi connectivity index (χ1) is 11.4. The zero-order valence-corrected chi connectivity index (χ0v) is 14.9. The van der Waals surface area contributed by atoms with Gasteiger partial charge in [0.15, 0.2) is 11.6 Å². The molecule has 2 aromatic heterocycles. The first-order valence-electron chi connectivity index (χ1n) is 6.88. The lowest BCUT2D eigenvalue weighted by Crippen LogP contribution is -2.13. The summed E-state index contributed by atoms with van der Waals surface area (Å²) in [6, 6.07) is 13.9. The average Bonchev–Trinajstić information content (AvgIpc) is 2.99. The third-order valence-corrected chi connectivity index (χ3v) is 6.20. The highest BCUT2D eigenvalue weighted by molar-refractivity contribution is 7.94. The molecule has 0 saturated heterocycles. The molecule has 0 radical (unpaired) electrons. The zero-order chi connectivity index (χ0) is 17.2. The minimum Gasteiger partial charge on any atom is -0.339 e. The van der Waals surface area contributed by atoms with Gasteiger partial charge in [0.25, 0.3) is 10.0 Å². The minimum absolute atomic E-state index is 0.122. The van der Waals surface area contributed by atoms with E-state index in [0.29, 0.717) is 10.2 Å². The Morgan fingerprint density at radius 1 is 1.00 bits per heavy atom. The molecule has 6 nitrogen and oxygen atoms in total. The van der Waals surface area contributed by atoms with Crippen molar-refractivity contribution in [1.82, 2.24) is 10.2 Å². The van der Waals surface area contributed by atoms with Gasteiger partial charge in [-0.2, -0.15) is 0 Å². The molecule has 0 aliphatic heterocycles. The van der Waals surface area contributed by atoms with Gasteiger partial charge in [-0.15, -0.1) is 21.5 Å². The van der Waals surface area contributed by atoms with Crippen LogP contribution in [0.3, 0.4) is 0 Å². The van der Waals surface area contributed by atoms with Gasteiger partial charge in [-0.25, -0.2) is 8.42 Å². The number of benzene rings is 1. The third kappa shape index (κ3) is 3.84. The van der Waals surface area contributed by atoms with E-state index in [9.17, 15) is 8.42 Å². The molecule has 3 rings (SSSR count). The lowest BCUT2D eigenvalue weighted by molar-refractivity contribution is 0.603. The number of halogens is 1. The second-order valence-corrected chi connectivity index (χ2v) is 8.53. The van der Waals surface area contributed by atoms with Crippen LogP contribution in [0.1, 0.15) is 5.56 Å². The Hall–Kier alpha value is -2.16. The van der Waals surface area contributed by atoms with Crippen LogP contribution in [0.4, 0.5) is 17.3 Å². The third-order valence-electron chi connectivity index (χ3n) is 3.12. The average molecular weight is 381 g/mol. The number of sulfonamides is 1. The summed E-state index contributed by atoms with van der Waals surface area (Å²) in [4.78, 5) is 0. The van der Waals surface area contributed by atoms with Gasteiger partial charge >= 0.3 is 0 Å². The van der Waals surface area contributed by atoms with E-state index in [-0.39, 0.29) is 10.0 Å². The van der Waals surface area contributed by atoms with E-state index in [4.69, 9.17) is 11.6 Å². The Labute approximate surface area is 148 Å². The molecule has 24 heavy (non-hydrogen) atoms. The summed E-state index contributed by atoms with van der Waals surface area (Å²) in [5.74, 6) is 0.654. The summed E-state index contributed by atoms with van der Waals surface area (Å²) in [5.41, 5.74) is 1.98. The summed E-state index contributed by atoms with van der Waals surface area (Å²) in [6.45, 7) is 1.98. The van der Waals surface area contributed by atoms with Crippen molar-refractivity contribution >= 4 is 50.3 Å². The molecular weight excluding hydrogens is 368 g/mol. The molecule has 0 fully saturated rings. The van der Waals surface area contributed by atoms with Gasteiger partial charge < -0.3 is 5.32 Å². The molecule has 1 aromatic carbocycles. The van der Waals surface area contributed by atoms with Crippen LogP contribution in [-0.2, 0) is 10.0 Å². The maximum atomic E-state index is 12.2. The van der Waals surface area contributed by atoms with Crippen molar-refractivity contribution in [2.24, 2.45) is 0 Å². The lowest BCUT2D eigenvalue weighted by Gasteiger charge is -2.09. The predicted octanol–water partition coefficient (Wildman–Crippen LogP) is 4.04. The van der Waals surface area contributed by atoms with E-state index in [1.54, 1.807) is 12.1 Å². The first kappa shape index (κ1) is 16.7. The Balaban J connectivity index is 1.74. The van der Waals surface area contributed by atoms with Crippen LogP contribution in [-0.4, -0.2) is 18.6 Å². The summed E-state index contributed by atoms with van der Waals surface area (Å²) < 4.78 is 27.3. The number of thiophene rings is 1. The summed E-state index contributed by atoms with van der Waals surface area (Å²) in [7, 11) is -3.71. The number of anilines is 3. The molecular formula is C15H13ClN4O2S2. The van der Waals surface area contributed by atoms with E-state index in [1.165, 1.54) is 12.1 Å². The van der Waals surface area contributed by atoms with Crippen LogP contribution in [0, 0.1) is 6.92 Å². The van der Waals surface area contributed by atoms with Crippen LogP contribution in [0.5, 0.6) is 0 Å². The number of hydrogen-bond donors (Lipinski definition) is 2. The van der Waals surface area contributed by atoms with Crippen LogP contribution in [0.15, 0.2) is 52.7 Å². The molecule has 0 spiro atoms. The van der Waals surface area contributed by atoms with Crippen molar-refractivity contribution in [1.29, 1.82) is 0 Å². The monoisotopic (exact) mass is 380 g/mol. The topological polar surface area (TPSA) is 84.0 Å². The summed E-state index contributed by atoms with van der Waals surface area (Å²) in [5, 5.41) is 11.0. The van der Waals surface area contributed by atoms with Crippen molar-refractivity contribution in [2.45, 2.75) is 11.1 Å². The Bertz CT molecular complexity index is 956. The number of aromatic nitrogens is 2. The SMILES string of the molecule is Cc1ccccc1Nc1ccc(NS(=O)(=O)c2ccc(Cl)s2)nn1. The van der Waals surface area contributed by atoms with E-state index in [0.717, 1.165) is 22.6 Å². The molecule has 0 bridgehead atoms. The molecule has 0 aliphatic carbocycles. The molecule has 9 heteroatoms. The quantitative estimate of drug-likeness (QED) is 0.697. The number of rotatable bonds is 5. The zero-order valence-electron chi connectivity index (χ0n) is 12.5. The maximum Gasteiger partial charge on any atom is 0.272 e. The van der Waals surface area contributed by atoms with Gasteiger partial charge in [0.1, 0.15) is 4.21 Å². The van der Waals surface area contributed by atoms with Crippen molar-refractivity contribution in [3.63, 3.8) is 0 Å². The van der Waals surface area contributed by atoms with Crippen LogP contribution >= 0.6 is 22.9 Å².